The number of imidazole rings is 2. The number of carbonyl (C=O) groups is 3. The number of alkyl carbamates (subject to hydrolysis) is 2. The zero-order chi connectivity index (χ0) is 37.1. The first-order chi connectivity index (χ1) is 25.0. The molecule has 0 aliphatic carbocycles. The molecular formula is C34H46N10O6S2. The Morgan fingerprint density at radius 3 is 1.88 bits per heavy atom. The Bertz CT molecular complexity index is 1850. The Hall–Kier alpha value is -4.39. The predicted octanol–water partition coefficient (Wildman–Crippen LogP) is 4.93. The Morgan fingerprint density at radius 1 is 0.788 bits per heavy atom. The minimum Gasteiger partial charge on any atom is -0.453 e. The summed E-state index contributed by atoms with van der Waals surface area (Å²) in [6, 6.07) is -1.58. The Kier molecular flexibility index (Phi) is 11.6. The van der Waals surface area contributed by atoms with Gasteiger partial charge in [-0.2, -0.15) is 0 Å². The number of hydrogen-bond donors (Lipinski definition) is 5. The second-order valence-corrected chi connectivity index (χ2v) is 15.7. The summed E-state index contributed by atoms with van der Waals surface area (Å²) in [5, 5.41) is 18.3. The van der Waals surface area contributed by atoms with Gasteiger partial charge in [-0.25, -0.2) is 29.5 Å². The quantitative estimate of drug-likeness (QED) is 0.131. The van der Waals surface area contributed by atoms with Gasteiger partial charge in [0.15, 0.2) is 10.0 Å². The summed E-state index contributed by atoms with van der Waals surface area (Å²) in [6.45, 7) is 8.93. The number of nitrogens with one attached hydrogen (secondary N) is 4. The molecule has 3 amide bonds. The maximum atomic E-state index is 13.5. The molecule has 2 aliphatic rings. The molecule has 16 nitrogen and oxygen atoms in total. The molecule has 5 N–H and O–H groups in total. The van der Waals surface area contributed by atoms with E-state index in [0.717, 1.165) is 62.7 Å². The van der Waals surface area contributed by atoms with Gasteiger partial charge in [-0.05, 0) is 37.5 Å². The van der Waals surface area contributed by atoms with Gasteiger partial charge in [0.05, 0.1) is 65.9 Å². The van der Waals surface area contributed by atoms with Crippen molar-refractivity contribution in [3.8, 4) is 31.2 Å². The van der Waals surface area contributed by atoms with Gasteiger partial charge in [-0.3, -0.25) is 9.69 Å². The SMILES string of the molecule is COC(=O)N[C@@H](C(C)C)C(O)N1CCC[C@H]1c1ncc(-c2cnc(-c3ncc(-c4cnc([C@@H]5CCCN5C(=O)[C@@H](NC(=O)OC)C(C)C)[nH]4)s3)s2)[nH]1. The van der Waals surface area contributed by atoms with Crippen LogP contribution in [0.5, 0.6) is 0 Å². The number of thiazole rings is 2. The first kappa shape index (κ1) is 37.4. The van der Waals surface area contributed by atoms with Crippen LogP contribution >= 0.6 is 22.7 Å². The molecule has 0 bridgehead atoms. The zero-order valence-corrected chi connectivity index (χ0v) is 31.7. The number of H-pyrrole nitrogens is 2. The van der Waals surface area contributed by atoms with Crippen LogP contribution in [-0.4, -0.2) is 109 Å². The maximum absolute atomic E-state index is 13.5. The van der Waals surface area contributed by atoms with Crippen molar-refractivity contribution in [1.82, 2.24) is 50.3 Å². The topological polar surface area (TPSA) is 204 Å². The number of amides is 3. The molecule has 52 heavy (non-hydrogen) atoms. The lowest BCUT2D eigenvalue weighted by Gasteiger charge is -2.35. The molecule has 4 aromatic heterocycles. The van der Waals surface area contributed by atoms with Crippen molar-refractivity contribution in [3.05, 3.63) is 36.4 Å². The molecule has 5 atom stereocenters. The van der Waals surface area contributed by atoms with Crippen LogP contribution in [-0.2, 0) is 14.3 Å². The van der Waals surface area contributed by atoms with E-state index in [-0.39, 0.29) is 29.8 Å². The fourth-order valence-corrected chi connectivity index (χ4v) is 8.63. The molecule has 4 aromatic rings. The lowest BCUT2D eigenvalue weighted by Crippen LogP contribution is -2.54. The minimum absolute atomic E-state index is 0.0194. The fourth-order valence-electron chi connectivity index (χ4n) is 6.84. The third-order valence-electron chi connectivity index (χ3n) is 9.62. The van der Waals surface area contributed by atoms with E-state index in [0.29, 0.717) is 18.9 Å². The van der Waals surface area contributed by atoms with Gasteiger partial charge in [-0.15, -0.1) is 22.7 Å². The summed E-state index contributed by atoms with van der Waals surface area (Å²) < 4.78 is 9.53. The molecule has 6 rings (SSSR count). The smallest absolute Gasteiger partial charge is 0.407 e. The molecule has 2 saturated heterocycles. The number of methoxy groups -OCH3 is 2. The summed E-state index contributed by atoms with van der Waals surface area (Å²) in [4.78, 5) is 68.5. The van der Waals surface area contributed by atoms with Crippen LogP contribution in [0, 0.1) is 11.8 Å². The van der Waals surface area contributed by atoms with Crippen LogP contribution in [0.3, 0.4) is 0 Å². The van der Waals surface area contributed by atoms with Crippen molar-refractivity contribution in [2.24, 2.45) is 11.8 Å². The van der Waals surface area contributed by atoms with E-state index in [1.807, 2.05) is 32.6 Å². The van der Waals surface area contributed by atoms with Crippen molar-refractivity contribution in [2.45, 2.75) is 83.8 Å². The van der Waals surface area contributed by atoms with Gasteiger partial charge >= 0.3 is 12.2 Å². The Balaban J connectivity index is 1.13. The van der Waals surface area contributed by atoms with E-state index in [2.05, 4.69) is 40.5 Å². The van der Waals surface area contributed by atoms with E-state index >= 15 is 0 Å². The highest BCUT2D eigenvalue weighted by Crippen LogP contribution is 2.39. The average molecular weight is 755 g/mol. The van der Waals surface area contributed by atoms with Gasteiger partial charge < -0.3 is 40.1 Å². The van der Waals surface area contributed by atoms with Crippen molar-refractivity contribution >= 4 is 40.8 Å². The van der Waals surface area contributed by atoms with E-state index in [1.165, 1.54) is 36.9 Å². The van der Waals surface area contributed by atoms with Crippen LogP contribution in [0.4, 0.5) is 9.59 Å². The monoisotopic (exact) mass is 754 g/mol. The molecule has 2 aliphatic heterocycles. The Morgan fingerprint density at radius 2 is 1.33 bits per heavy atom. The number of ether oxygens (including phenoxy) is 2. The standard InChI is InChI=1S/C34H46N10O6S2/c1-17(2)25(41-33(47)49-5)31(45)43-11-7-9-21(43)27-35-13-19(39-27)23-15-37-29(51-23)30-38-16-24(52-30)20-14-36-28(40-20)22-10-8-12-44(22)32(46)26(18(3)4)42-34(48)50-6/h13-18,21-22,25-26,31,45H,7-12H2,1-6H3,(H,35,39)(H,36,40)(H,41,47)(H,42,48)/t21-,22-,25-,26-,31?/m0/s1. The summed E-state index contributed by atoms with van der Waals surface area (Å²) in [7, 11) is 2.59. The van der Waals surface area contributed by atoms with E-state index in [4.69, 9.17) is 9.47 Å². The summed E-state index contributed by atoms with van der Waals surface area (Å²) in [5.74, 6) is 1.14. The number of hydrogen-bond acceptors (Lipinski definition) is 13. The zero-order valence-electron chi connectivity index (χ0n) is 30.1. The first-order valence-corrected chi connectivity index (χ1v) is 19.1. The molecular weight excluding hydrogens is 709 g/mol. The fraction of sp³-hybridized carbons (Fsp3) is 0.559. The van der Waals surface area contributed by atoms with Crippen molar-refractivity contribution in [3.63, 3.8) is 0 Å². The maximum Gasteiger partial charge on any atom is 0.407 e. The number of nitrogens with zero attached hydrogens (tertiary/aromatic N) is 6. The lowest BCUT2D eigenvalue weighted by molar-refractivity contribution is -0.135. The average Bonchev–Trinajstić information content (AvgIpc) is 3.98. The number of rotatable bonds is 12. The molecule has 1 unspecified atom stereocenters. The van der Waals surface area contributed by atoms with Crippen molar-refractivity contribution in [2.75, 3.05) is 27.3 Å². The van der Waals surface area contributed by atoms with Gasteiger partial charge in [0, 0.05) is 25.5 Å². The molecule has 0 radical (unpaired) electrons. The van der Waals surface area contributed by atoms with Gasteiger partial charge in [0.1, 0.15) is 23.9 Å². The molecule has 280 valence electrons. The second-order valence-electron chi connectivity index (χ2n) is 13.7. The van der Waals surface area contributed by atoms with E-state index in [1.54, 1.807) is 29.7 Å². The van der Waals surface area contributed by atoms with Crippen LogP contribution in [0.15, 0.2) is 24.8 Å². The molecule has 2 fully saturated rings. The second kappa shape index (κ2) is 16.1. The lowest BCUT2D eigenvalue weighted by atomic mass is 10.0. The highest BCUT2D eigenvalue weighted by Gasteiger charge is 2.39. The summed E-state index contributed by atoms with van der Waals surface area (Å²) in [5.41, 5.74) is 1.62. The van der Waals surface area contributed by atoms with E-state index in [9.17, 15) is 19.5 Å². The number of carbonyl (C=O) groups excluding carboxylic acids is 3. The minimum atomic E-state index is -0.910. The summed E-state index contributed by atoms with van der Waals surface area (Å²) >= 11 is 2.99. The molecule has 6 heterocycles. The third kappa shape index (κ3) is 7.84. The number of aliphatic hydroxyl groups is 1. The number of likely N-dealkylation sites (tertiary alicyclic amines) is 2. The van der Waals surface area contributed by atoms with Crippen LogP contribution in [0.2, 0.25) is 0 Å². The highest BCUT2D eigenvalue weighted by atomic mass is 32.1. The molecule has 18 heteroatoms. The molecule has 0 spiro atoms. The third-order valence-corrected chi connectivity index (χ3v) is 11.8. The normalized spacial score (nSPS) is 19.6. The van der Waals surface area contributed by atoms with Gasteiger partial charge in [0.2, 0.25) is 5.91 Å². The van der Waals surface area contributed by atoms with E-state index < -0.39 is 30.5 Å². The summed E-state index contributed by atoms with van der Waals surface area (Å²) in [6.07, 6.45) is 8.32. The van der Waals surface area contributed by atoms with Gasteiger partial charge in [0.25, 0.3) is 0 Å². The highest BCUT2D eigenvalue weighted by molar-refractivity contribution is 7.24. The molecule has 0 saturated carbocycles. The van der Waals surface area contributed by atoms with Crippen molar-refractivity contribution in [1.29, 1.82) is 0 Å². The van der Waals surface area contributed by atoms with Crippen LogP contribution < -0.4 is 10.6 Å². The Labute approximate surface area is 309 Å². The molecule has 0 aromatic carbocycles. The number of aromatic amines is 2. The largest absolute Gasteiger partial charge is 0.453 e. The van der Waals surface area contributed by atoms with Crippen molar-refractivity contribution < 1.29 is 29.0 Å². The first-order valence-electron chi connectivity index (χ1n) is 17.4. The van der Waals surface area contributed by atoms with Crippen LogP contribution in [0.1, 0.15) is 77.1 Å². The van der Waals surface area contributed by atoms with Gasteiger partial charge in [-0.1, -0.05) is 27.7 Å². The number of aliphatic hydroxyl groups excluding tert-OH is 1. The predicted molar refractivity (Wildman–Crippen MR) is 195 cm³/mol. The van der Waals surface area contributed by atoms with Crippen LogP contribution in [0.25, 0.3) is 31.2 Å². The number of aromatic nitrogens is 6.